The van der Waals surface area contributed by atoms with Gasteiger partial charge in [0.25, 0.3) is 0 Å². The quantitative estimate of drug-likeness (QED) is 0.799. The van der Waals surface area contributed by atoms with Crippen molar-refractivity contribution in [2.45, 2.75) is 24.5 Å². The molecule has 0 aliphatic rings. The Morgan fingerprint density at radius 2 is 1.95 bits per heavy atom. The van der Waals surface area contributed by atoms with Gasteiger partial charge in [-0.15, -0.1) is 0 Å². The Bertz CT molecular complexity index is 574. The minimum atomic E-state index is -4.61. The zero-order valence-electron chi connectivity index (χ0n) is 11.6. The topological polar surface area (TPSA) is 67.4 Å². The highest BCUT2D eigenvalue weighted by Crippen LogP contribution is 2.23. The summed E-state index contributed by atoms with van der Waals surface area (Å²) in [5, 5.41) is 2.84. The van der Waals surface area contributed by atoms with Crippen LogP contribution < -0.4 is 14.8 Å². The van der Waals surface area contributed by atoms with Gasteiger partial charge in [0.15, 0.2) is 0 Å². The van der Waals surface area contributed by atoms with Crippen LogP contribution in [0.5, 0.6) is 5.75 Å². The number of rotatable bonds is 7. The molecule has 0 heterocycles. The summed E-state index contributed by atoms with van der Waals surface area (Å²) in [6.45, 7) is 0.899. The number of hydrogen-bond donors (Lipinski definition) is 2. The van der Waals surface area contributed by atoms with Gasteiger partial charge in [-0.3, -0.25) is 0 Å². The van der Waals surface area contributed by atoms with E-state index in [0.29, 0.717) is 24.5 Å². The number of hydrogen-bond acceptors (Lipinski definition) is 4. The van der Waals surface area contributed by atoms with Crippen LogP contribution in [0, 0.1) is 0 Å². The SMILES string of the molecule is CCOc1ccc(S(=O)(=O)NCC(F)(F)F)cc1CNC. The van der Waals surface area contributed by atoms with E-state index in [4.69, 9.17) is 4.74 Å². The van der Waals surface area contributed by atoms with E-state index in [-0.39, 0.29) is 4.90 Å². The van der Waals surface area contributed by atoms with E-state index in [0.717, 1.165) is 0 Å². The van der Waals surface area contributed by atoms with Gasteiger partial charge in [0.2, 0.25) is 10.0 Å². The largest absolute Gasteiger partial charge is 0.494 e. The number of nitrogens with one attached hydrogen (secondary N) is 2. The fourth-order valence-electron chi connectivity index (χ4n) is 1.61. The summed E-state index contributed by atoms with van der Waals surface area (Å²) in [4.78, 5) is -0.236. The van der Waals surface area contributed by atoms with Gasteiger partial charge in [0.1, 0.15) is 12.3 Å². The Kier molecular flexibility index (Phi) is 5.99. The van der Waals surface area contributed by atoms with E-state index < -0.39 is 22.7 Å². The summed E-state index contributed by atoms with van der Waals surface area (Å²) >= 11 is 0. The molecule has 2 N–H and O–H groups in total. The molecule has 9 heteroatoms. The molecular weight excluding hydrogens is 309 g/mol. The molecule has 0 spiro atoms. The first kappa shape index (κ1) is 17.7. The van der Waals surface area contributed by atoms with E-state index >= 15 is 0 Å². The summed E-state index contributed by atoms with van der Waals surface area (Å²) in [6, 6.07) is 3.93. The fraction of sp³-hybridized carbons (Fsp3) is 0.500. The molecule has 5 nitrogen and oxygen atoms in total. The molecule has 0 saturated carbocycles. The van der Waals surface area contributed by atoms with Crippen molar-refractivity contribution in [3.05, 3.63) is 23.8 Å². The third-order valence-corrected chi connectivity index (χ3v) is 3.87. The Labute approximate surface area is 121 Å². The number of alkyl halides is 3. The first-order valence-electron chi connectivity index (χ1n) is 6.16. The summed E-state index contributed by atoms with van der Waals surface area (Å²) in [5.74, 6) is 0.488. The molecule has 120 valence electrons. The summed E-state index contributed by atoms with van der Waals surface area (Å²) < 4.78 is 66.9. The van der Waals surface area contributed by atoms with Crippen molar-refractivity contribution in [3.8, 4) is 5.75 Å². The first-order valence-corrected chi connectivity index (χ1v) is 7.64. The number of benzene rings is 1. The third-order valence-electron chi connectivity index (χ3n) is 2.47. The van der Waals surface area contributed by atoms with Crippen LogP contribution in [0.15, 0.2) is 23.1 Å². The Morgan fingerprint density at radius 1 is 1.29 bits per heavy atom. The average molecular weight is 326 g/mol. The fourth-order valence-corrected chi connectivity index (χ4v) is 2.67. The Morgan fingerprint density at radius 3 is 2.48 bits per heavy atom. The summed E-state index contributed by atoms with van der Waals surface area (Å²) in [7, 11) is -2.55. The molecule has 0 bridgehead atoms. The van der Waals surface area contributed by atoms with Gasteiger partial charge in [-0.25, -0.2) is 13.1 Å². The molecule has 0 unspecified atom stereocenters. The van der Waals surface area contributed by atoms with Crippen LogP contribution in [0.3, 0.4) is 0 Å². The van der Waals surface area contributed by atoms with Gasteiger partial charge in [-0.2, -0.15) is 13.2 Å². The highest BCUT2D eigenvalue weighted by atomic mass is 32.2. The highest BCUT2D eigenvalue weighted by Gasteiger charge is 2.30. The second-order valence-corrected chi connectivity index (χ2v) is 5.94. The van der Waals surface area contributed by atoms with Crippen LogP contribution in [0.1, 0.15) is 12.5 Å². The lowest BCUT2D eigenvalue weighted by molar-refractivity contribution is -0.121. The normalized spacial score (nSPS) is 12.4. The molecule has 0 amide bonds. The molecule has 0 saturated heterocycles. The minimum absolute atomic E-state index is 0.236. The third kappa shape index (κ3) is 5.52. The summed E-state index contributed by atoms with van der Waals surface area (Å²) in [5.41, 5.74) is 0.550. The monoisotopic (exact) mass is 326 g/mol. The van der Waals surface area contributed by atoms with Crippen LogP contribution in [0.4, 0.5) is 13.2 Å². The van der Waals surface area contributed by atoms with Crippen molar-refractivity contribution >= 4 is 10.0 Å². The number of ether oxygens (including phenoxy) is 1. The van der Waals surface area contributed by atoms with Crippen LogP contribution in [-0.2, 0) is 16.6 Å². The molecule has 0 radical (unpaired) electrons. The Balaban J connectivity index is 3.04. The smallest absolute Gasteiger partial charge is 0.402 e. The molecule has 1 rings (SSSR count). The predicted octanol–water partition coefficient (Wildman–Crippen LogP) is 1.65. The van der Waals surface area contributed by atoms with Crippen molar-refractivity contribution in [2.24, 2.45) is 0 Å². The van der Waals surface area contributed by atoms with Gasteiger partial charge >= 0.3 is 6.18 Å². The summed E-state index contributed by atoms with van der Waals surface area (Å²) in [6.07, 6.45) is -4.61. The minimum Gasteiger partial charge on any atom is -0.494 e. The van der Waals surface area contributed by atoms with E-state index in [1.165, 1.54) is 22.9 Å². The standard InChI is InChI=1S/C12H17F3N2O3S/c1-3-20-11-5-4-10(6-9(11)7-16-2)21(18,19)17-8-12(13,14)15/h4-6,16-17H,3,7-8H2,1-2H3. The van der Waals surface area contributed by atoms with Gasteiger partial charge < -0.3 is 10.1 Å². The molecule has 0 atom stereocenters. The molecule has 21 heavy (non-hydrogen) atoms. The number of halogens is 3. The second-order valence-electron chi connectivity index (χ2n) is 4.17. The molecule has 0 aromatic heterocycles. The Hall–Kier alpha value is -1.32. The second kappa shape index (κ2) is 7.10. The van der Waals surface area contributed by atoms with Crippen LogP contribution in [0.25, 0.3) is 0 Å². The highest BCUT2D eigenvalue weighted by molar-refractivity contribution is 7.89. The zero-order chi connectivity index (χ0) is 16.1. The van der Waals surface area contributed by atoms with Crippen molar-refractivity contribution in [2.75, 3.05) is 20.2 Å². The lowest BCUT2D eigenvalue weighted by atomic mass is 10.2. The molecule has 0 aliphatic carbocycles. The molecule has 1 aromatic carbocycles. The predicted molar refractivity (Wildman–Crippen MR) is 71.6 cm³/mol. The maximum absolute atomic E-state index is 12.1. The van der Waals surface area contributed by atoms with Gasteiger partial charge in [-0.05, 0) is 32.2 Å². The number of sulfonamides is 1. The van der Waals surface area contributed by atoms with Crippen molar-refractivity contribution in [1.82, 2.24) is 10.0 Å². The van der Waals surface area contributed by atoms with E-state index in [1.54, 1.807) is 14.0 Å². The van der Waals surface area contributed by atoms with Gasteiger partial charge in [0.05, 0.1) is 11.5 Å². The van der Waals surface area contributed by atoms with Crippen LogP contribution in [-0.4, -0.2) is 34.8 Å². The van der Waals surface area contributed by atoms with Crippen LogP contribution in [0.2, 0.25) is 0 Å². The van der Waals surface area contributed by atoms with Gasteiger partial charge in [0, 0.05) is 12.1 Å². The van der Waals surface area contributed by atoms with Gasteiger partial charge in [-0.1, -0.05) is 0 Å². The van der Waals surface area contributed by atoms with Crippen LogP contribution >= 0.6 is 0 Å². The molecule has 0 aliphatic heterocycles. The maximum atomic E-state index is 12.1. The lowest BCUT2D eigenvalue weighted by Crippen LogP contribution is -2.33. The van der Waals surface area contributed by atoms with Crippen molar-refractivity contribution < 1.29 is 26.3 Å². The molecule has 1 aromatic rings. The maximum Gasteiger partial charge on any atom is 0.402 e. The molecule has 0 fully saturated rings. The zero-order valence-corrected chi connectivity index (χ0v) is 12.4. The van der Waals surface area contributed by atoms with E-state index in [1.807, 2.05) is 0 Å². The van der Waals surface area contributed by atoms with Crippen molar-refractivity contribution in [1.29, 1.82) is 0 Å². The van der Waals surface area contributed by atoms with E-state index in [9.17, 15) is 21.6 Å². The van der Waals surface area contributed by atoms with E-state index in [2.05, 4.69) is 5.32 Å². The average Bonchev–Trinajstić information content (AvgIpc) is 2.38. The lowest BCUT2D eigenvalue weighted by Gasteiger charge is -2.13. The van der Waals surface area contributed by atoms with Crippen molar-refractivity contribution in [3.63, 3.8) is 0 Å². The first-order chi connectivity index (χ1) is 9.69. The molecular formula is C12H17F3N2O3S.